The summed E-state index contributed by atoms with van der Waals surface area (Å²) in [5.41, 5.74) is 0.634. The molecule has 1 aromatic heterocycles. The summed E-state index contributed by atoms with van der Waals surface area (Å²) in [5, 5.41) is 10.3. The average molecular weight is 364 g/mol. The summed E-state index contributed by atoms with van der Waals surface area (Å²) in [5.74, 6) is 1.68. The van der Waals surface area contributed by atoms with Gasteiger partial charge in [0.05, 0.1) is 31.4 Å². The van der Waals surface area contributed by atoms with E-state index in [1.165, 1.54) is 0 Å². The molecule has 2 aliphatic heterocycles. The summed E-state index contributed by atoms with van der Waals surface area (Å²) >= 11 is 0. The van der Waals surface area contributed by atoms with Crippen LogP contribution in [0.4, 0.5) is 0 Å². The Morgan fingerprint density at radius 3 is 2.58 bits per heavy atom. The molecule has 0 unspecified atom stereocenters. The largest absolute Gasteiger partial charge is 0.467 e. The molecule has 26 heavy (non-hydrogen) atoms. The van der Waals surface area contributed by atoms with E-state index in [0.717, 1.165) is 57.9 Å². The highest BCUT2D eigenvalue weighted by Crippen LogP contribution is 2.25. The van der Waals surface area contributed by atoms with Gasteiger partial charge in [0.2, 0.25) is 0 Å². The first kappa shape index (κ1) is 19.4. The van der Waals surface area contributed by atoms with Crippen LogP contribution < -0.4 is 0 Å². The summed E-state index contributed by atoms with van der Waals surface area (Å²) in [6, 6.07) is 1.87. The molecule has 1 aromatic rings. The number of hydrogen-bond acceptors (Lipinski definition) is 5. The van der Waals surface area contributed by atoms with Crippen LogP contribution in [0.3, 0.4) is 0 Å². The number of rotatable bonds is 6. The molecule has 0 aliphatic carbocycles. The normalized spacial score (nSPS) is 21.3. The second kappa shape index (κ2) is 9.02. The Morgan fingerprint density at radius 1 is 1.23 bits per heavy atom. The Morgan fingerprint density at radius 2 is 1.92 bits per heavy atom. The fraction of sp³-hybridized carbons (Fsp3) is 0.750. The molecule has 3 rings (SSSR count). The number of carbonyl (C=O) groups is 1. The van der Waals surface area contributed by atoms with Crippen molar-refractivity contribution in [2.24, 2.45) is 11.8 Å². The van der Waals surface area contributed by atoms with Gasteiger partial charge in [-0.1, -0.05) is 13.8 Å². The molecule has 0 radical (unpaired) electrons. The zero-order chi connectivity index (χ0) is 18.5. The van der Waals surface area contributed by atoms with E-state index < -0.39 is 0 Å². The van der Waals surface area contributed by atoms with Crippen LogP contribution in [0.2, 0.25) is 0 Å². The number of ether oxygens (including phenoxy) is 1. The average Bonchev–Trinajstić information content (AvgIpc) is 3.10. The SMILES string of the molecule is CC(C)C[C@@H](O)C1CCN(C(=O)c2coc(CN3CCOCC3)c2)CC1. The third-order valence-electron chi connectivity index (χ3n) is 5.47. The predicted octanol–water partition coefficient (Wildman–Crippen LogP) is 2.37. The number of morpholine rings is 1. The molecule has 2 aliphatic rings. The Hall–Kier alpha value is -1.37. The van der Waals surface area contributed by atoms with Gasteiger partial charge in [-0.3, -0.25) is 9.69 Å². The van der Waals surface area contributed by atoms with Gasteiger partial charge in [0.1, 0.15) is 12.0 Å². The minimum Gasteiger partial charge on any atom is -0.467 e. The van der Waals surface area contributed by atoms with Gasteiger partial charge in [0.15, 0.2) is 0 Å². The van der Waals surface area contributed by atoms with Crippen molar-refractivity contribution in [1.29, 1.82) is 0 Å². The highest BCUT2D eigenvalue weighted by molar-refractivity contribution is 5.94. The van der Waals surface area contributed by atoms with Gasteiger partial charge in [0, 0.05) is 26.2 Å². The lowest BCUT2D eigenvalue weighted by Gasteiger charge is -2.34. The first-order valence-electron chi connectivity index (χ1n) is 9.87. The molecule has 3 heterocycles. The number of amides is 1. The molecule has 1 atom stereocenters. The molecule has 146 valence electrons. The number of nitrogens with zero attached hydrogens (tertiary/aromatic N) is 2. The topological polar surface area (TPSA) is 66.2 Å². The van der Waals surface area contributed by atoms with Gasteiger partial charge in [-0.2, -0.15) is 0 Å². The van der Waals surface area contributed by atoms with Crippen LogP contribution in [-0.4, -0.2) is 66.3 Å². The van der Waals surface area contributed by atoms with E-state index in [-0.39, 0.29) is 12.0 Å². The Bertz CT molecular complexity index is 572. The van der Waals surface area contributed by atoms with Crippen molar-refractivity contribution in [2.45, 2.75) is 45.8 Å². The second-order valence-electron chi connectivity index (χ2n) is 8.02. The third kappa shape index (κ3) is 5.09. The maximum absolute atomic E-state index is 12.7. The molecule has 6 nitrogen and oxygen atoms in total. The number of likely N-dealkylation sites (tertiary alicyclic amines) is 1. The van der Waals surface area contributed by atoms with E-state index in [9.17, 15) is 9.90 Å². The monoisotopic (exact) mass is 364 g/mol. The van der Waals surface area contributed by atoms with Crippen molar-refractivity contribution in [2.75, 3.05) is 39.4 Å². The molecule has 2 fully saturated rings. The van der Waals surface area contributed by atoms with Crippen molar-refractivity contribution in [1.82, 2.24) is 9.80 Å². The van der Waals surface area contributed by atoms with Crippen molar-refractivity contribution < 1.29 is 19.1 Å². The summed E-state index contributed by atoms with van der Waals surface area (Å²) in [4.78, 5) is 16.9. The maximum atomic E-state index is 12.7. The smallest absolute Gasteiger partial charge is 0.257 e. The number of piperidine rings is 1. The molecule has 2 saturated heterocycles. The maximum Gasteiger partial charge on any atom is 0.257 e. The van der Waals surface area contributed by atoms with Crippen molar-refractivity contribution in [3.05, 3.63) is 23.7 Å². The van der Waals surface area contributed by atoms with Gasteiger partial charge in [-0.25, -0.2) is 0 Å². The lowest BCUT2D eigenvalue weighted by Crippen LogP contribution is -2.41. The van der Waals surface area contributed by atoms with Crippen molar-refractivity contribution in [3.8, 4) is 0 Å². The van der Waals surface area contributed by atoms with Crippen molar-refractivity contribution in [3.63, 3.8) is 0 Å². The van der Waals surface area contributed by atoms with Crippen LogP contribution >= 0.6 is 0 Å². The van der Waals surface area contributed by atoms with Crippen LogP contribution in [0.1, 0.15) is 49.2 Å². The number of furan rings is 1. The minimum atomic E-state index is -0.249. The van der Waals surface area contributed by atoms with Crippen LogP contribution in [0, 0.1) is 11.8 Å². The van der Waals surface area contributed by atoms with E-state index in [1.807, 2.05) is 11.0 Å². The van der Waals surface area contributed by atoms with E-state index in [0.29, 0.717) is 30.5 Å². The standard InChI is InChI=1S/C20H32N2O4/c1-15(2)11-19(23)16-3-5-22(6-4-16)20(24)17-12-18(26-14-17)13-21-7-9-25-10-8-21/h12,14-16,19,23H,3-11,13H2,1-2H3/t19-/m1/s1. The van der Waals surface area contributed by atoms with E-state index >= 15 is 0 Å². The molecule has 0 saturated carbocycles. The van der Waals surface area contributed by atoms with E-state index in [1.54, 1.807) is 6.26 Å². The fourth-order valence-corrected chi connectivity index (χ4v) is 3.90. The summed E-state index contributed by atoms with van der Waals surface area (Å²) in [6.45, 7) is 9.72. The quantitative estimate of drug-likeness (QED) is 0.839. The lowest BCUT2D eigenvalue weighted by atomic mass is 9.87. The summed E-state index contributed by atoms with van der Waals surface area (Å²) < 4.78 is 11.0. The molecular formula is C20H32N2O4. The number of carbonyl (C=O) groups excluding carboxylic acids is 1. The van der Waals surface area contributed by atoms with Gasteiger partial charge in [0.25, 0.3) is 5.91 Å². The van der Waals surface area contributed by atoms with Gasteiger partial charge in [-0.05, 0) is 37.2 Å². The molecular weight excluding hydrogens is 332 g/mol. The predicted molar refractivity (Wildman–Crippen MR) is 98.9 cm³/mol. The van der Waals surface area contributed by atoms with Crippen LogP contribution in [0.25, 0.3) is 0 Å². The first-order valence-corrected chi connectivity index (χ1v) is 9.87. The van der Waals surface area contributed by atoms with Gasteiger partial charge in [-0.15, -0.1) is 0 Å². The highest BCUT2D eigenvalue weighted by atomic mass is 16.5. The molecule has 0 aromatic carbocycles. The zero-order valence-corrected chi connectivity index (χ0v) is 16.0. The third-order valence-corrected chi connectivity index (χ3v) is 5.47. The van der Waals surface area contributed by atoms with Crippen LogP contribution in [0.5, 0.6) is 0 Å². The Balaban J connectivity index is 1.49. The van der Waals surface area contributed by atoms with Gasteiger partial charge < -0.3 is 19.2 Å². The van der Waals surface area contributed by atoms with Crippen LogP contribution in [0.15, 0.2) is 16.7 Å². The summed E-state index contributed by atoms with van der Waals surface area (Å²) in [7, 11) is 0. The van der Waals surface area contributed by atoms with Gasteiger partial charge >= 0.3 is 0 Å². The van der Waals surface area contributed by atoms with Crippen LogP contribution in [-0.2, 0) is 11.3 Å². The fourth-order valence-electron chi connectivity index (χ4n) is 3.90. The molecule has 6 heteroatoms. The molecule has 1 amide bonds. The number of aliphatic hydroxyl groups excluding tert-OH is 1. The number of aliphatic hydroxyl groups is 1. The molecule has 0 bridgehead atoms. The zero-order valence-electron chi connectivity index (χ0n) is 16.0. The Kier molecular flexibility index (Phi) is 6.73. The minimum absolute atomic E-state index is 0.0405. The molecule has 1 N–H and O–H groups in total. The van der Waals surface area contributed by atoms with Crippen molar-refractivity contribution >= 4 is 5.91 Å². The first-order chi connectivity index (χ1) is 12.5. The Labute approximate surface area is 156 Å². The second-order valence-corrected chi connectivity index (χ2v) is 8.02. The lowest BCUT2D eigenvalue weighted by molar-refractivity contribution is 0.0313. The number of hydrogen-bond donors (Lipinski definition) is 1. The van der Waals surface area contributed by atoms with E-state index in [4.69, 9.17) is 9.15 Å². The van der Waals surface area contributed by atoms with E-state index in [2.05, 4.69) is 18.7 Å². The molecule has 0 spiro atoms. The summed E-state index contributed by atoms with van der Waals surface area (Å²) in [6.07, 6.45) is 3.92. The highest BCUT2D eigenvalue weighted by Gasteiger charge is 2.29.